The number of Topliss-reactive ketones (excluding diaryl/α,β-unsaturated/α-hetero) is 2. The summed E-state index contributed by atoms with van der Waals surface area (Å²) in [6.07, 6.45) is -1.03. The number of aliphatic hydroxyl groups is 4. The summed E-state index contributed by atoms with van der Waals surface area (Å²) in [7, 11) is 2.89. The Labute approximate surface area is 236 Å². The molecule has 6 atom stereocenters. The summed E-state index contributed by atoms with van der Waals surface area (Å²) >= 11 is 0. The van der Waals surface area contributed by atoms with Crippen LogP contribution >= 0.6 is 0 Å². The third-order valence-electron chi connectivity index (χ3n) is 9.05. The molecule has 12 heteroatoms. The van der Waals surface area contributed by atoms with Gasteiger partial charge in [0.2, 0.25) is 5.78 Å². The van der Waals surface area contributed by atoms with Crippen LogP contribution in [0.2, 0.25) is 0 Å². The van der Waals surface area contributed by atoms with Crippen molar-refractivity contribution >= 4 is 29.2 Å². The van der Waals surface area contributed by atoms with Crippen LogP contribution in [0.1, 0.15) is 62.6 Å². The molecule has 0 heterocycles. The molecule has 1 saturated carbocycles. The third kappa shape index (κ3) is 4.23. The fourth-order valence-corrected chi connectivity index (χ4v) is 6.98. The summed E-state index contributed by atoms with van der Waals surface area (Å²) in [6, 6.07) is 1.88. The number of nitrogens with two attached hydrogens (primary N) is 1. The second-order valence-corrected chi connectivity index (χ2v) is 12.1. The second kappa shape index (κ2) is 9.97. The van der Waals surface area contributed by atoms with E-state index < -0.39 is 87.0 Å². The molecule has 0 unspecified atom stereocenters. The van der Waals surface area contributed by atoms with Crippen molar-refractivity contribution in [1.82, 2.24) is 4.90 Å². The van der Waals surface area contributed by atoms with Gasteiger partial charge < -0.3 is 36.4 Å². The smallest absolute Gasteiger partial charge is 0.303 e. The van der Waals surface area contributed by atoms with Crippen LogP contribution in [0, 0.1) is 11.8 Å². The molecule has 1 aromatic rings. The highest BCUT2D eigenvalue weighted by atomic mass is 16.4. The van der Waals surface area contributed by atoms with E-state index in [1.807, 2.05) is 0 Å². The molecule has 1 amide bonds. The lowest BCUT2D eigenvalue weighted by Gasteiger charge is -2.53. The number of nitrogens with zero attached hydrogens (tertiary/aromatic N) is 1. The van der Waals surface area contributed by atoms with Gasteiger partial charge in [-0.2, -0.15) is 0 Å². The largest absolute Gasteiger partial charge is 0.508 e. The zero-order chi connectivity index (χ0) is 30.9. The van der Waals surface area contributed by atoms with Crippen LogP contribution in [0.15, 0.2) is 29.0 Å². The lowest BCUT2D eigenvalue weighted by molar-refractivity contribution is -0.169. The Hall–Kier alpha value is -3.74. The zero-order valence-corrected chi connectivity index (χ0v) is 23.5. The molecule has 0 aliphatic heterocycles. The van der Waals surface area contributed by atoms with Gasteiger partial charge >= 0.3 is 5.97 Å². The van der Waals surface area contributed by atoms with Gasteiger partial charge in [0.25, 0.3) is 5.91 Å². The number of phenolic OH excluding ortho intramolecular Hbond substituents is 1. The van der Waals surface area contributed by atoms with Crippen molar-refractivity contribution in [3.8, 4) is 5.75 Å². The fourth-order valence-electron chi connectivity index (χ4n) is 6.98. The van der Waals surface area contributed by atoms with Gasteiger partial charge in [0.15, 0.2) is 11.4 Å². The normalized spacial score (nSPS) is 29.8. The molecule has 0 saturated heterocycles. The van der Waals surface area contributed by atoms with Crippen LogP contribution < -0.4 is 5.73 Å². The van der Waals surface area contributed by atoms with Gasteiger partial charge in [-0.3, -0.25) is 24.1 Å². The number of rotatable bonds is 7. The van der Waals surface area contributed by atoms with Gasteiger partial charge in [0.1, 0.15) is 22.8 Å². The Morgan fingerprint density at radius 1 is 1.12 bits per heavy atom. The minimum absolute atomic E-state index is 0.0734. The molecule has 0 spiro atoms. The average Bonchev–Trinajstić information content (AvgIpc) is 2.85. The number of hydrogen-bond acceptors (Lipinski definition) is 10. The Morgan fingerprint density at radius 3 is 2.27 bits per heavy atom. The Balaban J connectivity index is 1.95. The van der Waals surface area contributed by atoms with E-state index in [0.29, 0.717) is 24.0 Å². The maximum atomic E-state index is 14.1. The maximum absolute atomic E-state index is 14.1. The van der Waals surface area contributed by atoms with Crippen molar-refractivity contribution in [2.24, 2.45) is 17.6 Å². The zero-order valence-electron chi connectivity index (χ0n) is 23.5. The standard InChI is InChI=1S/C29H36N2O10/c1-11-12-8-9-13(28(2,3)10-6-7-14(32)33)21(34)16(12)22(35)17-15(11)23(36)19-20(31(4)5)24(37)18(27(30)40)26(39)29(19,41)25(17)38/h8-9,11,15,19-20,23,34-36,39,41H,6-7,10H2,1-5H3,(H2,30,40)(H,32,33)/t11-,15+,19+,20-,23-,29-/m0/s1. The van der Waals surface area contributed by atoms with E-state index in [1.165, 1.54) is 19.0 Å². The molecule has 8 N–H and O–H groups in total. The van der Waals surface area contributed by atoms with Crippen molar-refractivity contribution in [2.45, 2.75) is 69.1 Å². The number of fused-ring (bicyclic) bond motifs is 3. The molecule has 3 aliphatic rings. The summed E-state index contributed by atoms with van der Waals surface area (Å²) in [5, 5.41) is 66.4. The van der Waals surface area contributed by atoms with Crippen LogP contribution in [0.4, 0.5) is 0 Å². The molecule has 0 radical (unpaired) electrons. The van der Waals surface area contributed by atoms with E-state index >= 15 is 0 Å². The molecular formula is C29H36N2O10. The summed E-state index contributed by atoms with van der Waals surface area (Å²) in [5.41, 5.74) is 0.875. The van der Waals surface area contributed by atoms with Gasteiger partial charge in [0, 0.05) is 23.5 Å². The van der Waals surface area contributed by atoms with Crippen LogP contribution in [-0.2, 0) is 24.6 Å². The van der Waals surface area contributed by atoms with Crippen LogP contribution in [-0.4, -0.2) is 90.8 Å². The molecule has 1 aromatic carbocycles. The summed E-state index contributed by atoms with van der Waals surface area (Å²) in [6.45, 7) is 5.26. The van der Waals surface area contributed by atoms with Crippen molar-refractivity contribution in [1.29, 1.82) is 0 Å². The number of carbonyl (C=O) groups is 4. The first-order valence-electron chi connectivity index (χ1n) is 13.3. The van der Waals surface area contributed by atoms with Crippen molar-refractivity contribution in [3.05, 3.63) is 45.7 Å². The molecule has 4 rings (SSSR count). The van der Waals surface area contributed by atoms with Crippen LogP contribution in [0.3, 0.4) is 0 Å². The number of aromatic hydroxyl groups is 1. The van der Waals surface area contributed by atoms with Gasteiger partial charge in [-0.05, 0) is 43.8 Å². The number of carboxylic acids is 1. The predicted octanol–water partition coefficient (Wildman–Crippen LogP) is 1.03. The number of aliphatic hydroxyl groups excluding tert-OH is 3. The molecule has 12 nitrogen and oxygen atoms in total. The lowest BCUT2D eigenvalue weighted by atomic mass is 9.54. The van der Waals surface area contributed by atoms with Gasteiger partial charge in [0.05, 0.1) is 23.6 Å². The number of ketones is 2. The number of amides is 1. The van der Waals surface area contributed by atoms with Crippen molar-refractivity contribution in [2.75, 3.05) is 14.1 Å². The number of primary amides is 1. The maximum Gasteiger partial charge on any atom is 0.303 e. The van der Waals surface area contributed by atoms with Gasteiger partial charge in [-0.1, -0.05) is 32.9 Å². The topological polar surface area (TPSA) is 219 Å². The van der Waals surface area contributed by atoms with E-state index in [1.54, 1.807) is 32.9 Å². The highest BCUT2D eigenvalue weighted by Gasteiger charge is 2.68. The number of carbonyl (C=O) groups excluding carboxylic acids is 3. The minimum atomic E-state index is -2.98. The summed E-state index contributed by atoms with van der Waals surface area (Å²) in [4.78, 5) is 51.8. The highest BCUT2D eigenvalue weighted by Crippen LogP contribution is 2.57. The predicted molar refractivity (Wildman–Crippen MR) is 145 cm³/mol. The average molecular weight is 573 g/mol. The number of phenols is 1. The molecule has 1 fully saturated rings. The second-order valence-electron chi connectivity index (χ2n) is 12.1. The van der Waals surface area contributed by atoms with Gasteiger partial charge in [-0.25, -0.2) is 0 Å². The summed E-state index contributed by atoms with van der Waals surface area (Å²) < 4.78 is 0. The molecule has 0 bridgehead atoms. The number of hydrogen-bond donors (Lipinski definition) is 7. The van der Waals surface area contributed by atoms with Crippen molar-refractivity contribution in [3.63, 3.8) is 0 Å². The number of aliphatic carboxylic acids is 1. The highest BCUT2D eigenvalue weighted by molar-refractivity contribution is 6.24. The first-order valence-corrected chi connectivity index (χ1v) is 13.3. The lowest BCUT2D eigenvalue weighted by Crippen LogP contribution is -2.70. The van der Waals surface area contributed by atoms with E-state index in [-0.39, 0.29) is 17.7 Å². The third-order valence-corrected chi connectivity index (χ3v) is 9.05. The number of likely N-dealkylation sites (N-methyl/N-ethyl adjacent to an activating group) is 1. The molecule has 0 aromatic heterocycles. The molecule has 41 heavy (non-hydrogen) atoms. The first kappa shape index (κ1) is 30.2. The summed E-state index contributed by atoms with van der Waals surface area (Å²) in [5.74, 6) is -10.4. The molecular weight excluding hydrogens is 536 g/mol. The van der Waals surface area contributed by atoms with Crippen LogP contribution in [0.25, 0.3) is 5.76 Å². The SMILES string of the molecule is C[C@H]1c2ccc(C(C)(C)CCCC(=O)O)c(O)c2C(O)=C2C(=O)[C@]3(O)C(O)=C(C(N)=O)C(=O)[C@@H](N(C)C)[C@@H]3[C@@H](O)[C@@H]21. The van der Waals surface area contributed by atoms with Crippen molar-refractivity contribution < 1.29 is 49.8 Å². The van der Waals surface area contributed by atoms with E-state index in [4.69, 9.17) is 10.8 Å². The Morgan fingerprint density at radius 2 is 1.73 bits per heavy atom. The first-order chi connectivity index (χ1) is 18.9. The number of benzene rings is 1. The number of carboxylic acid groups (broad SMARTS) is 1. The van der Waals surface area contributed by atoms with E-state index in [2.05, 4.69) is 0 Å². The Kier molecular flexibility index (Phi) is 7.35. The molecule has 222 valence electrons. The monoisotopic (exact) mass is 572 g/mol. The van der Waals surface area contributed by atoms with E-state index in [0.717, 1.165) is 0 Å². The molecule has 3 aliphatic carbocycles. The van der Waals surface area contributed by atoms with Crippen LogP contribution in [0.5, 0.6) is 5.75 Å². The fraction of sp³-hybridized carbons (Fsp3) is 0.517. The quantitative estimate of drug-likeness (QED) is 0.229. The minimum Gasteiger partial charge on any atom is -0.508 e. The van der Waals surface area contributed by atoms with Gasteiger partial charge in [-0.15, -0.1) is 0 Å². The Bertz CT molecular complexity index is 1420. The van der Waals surface area contributed by atoms with E-state index in [9.17, 15) is 44.7 Å².